The average molecular weight is 308 g/mol. The SMILES string of the molecule is Cc1ccc(NC(=O)CSC2CCNCC2)cc1C(=O)O. The third kappa shape index (κ3) is 4.75. The maximum atomic E-state index is 11.9. The van der Waals surface area contributed by atoms with E-state index >= 15 is 0 Å². The fourth-order valence-corrected chi connectivity index (χ4v) is 3.31. The van der Waals surface area contributed by atoms with Gasteiger partial charge in [0.15, 0.2) is 0 Å². The minimum atomic E-state index is -0.979. The number of aromatic carboxylic acids is 1. The Morgan fingerprint density at radius 1 is 1.38 bits per heavy atom. The first-order chi connectivity index (χ1) is 10.1. The molecule has 1 saturated heterocycles. The van der Waals surface area contributed by atoms with Crippen LogP contribution < -0.4 is 10.6 Å². The van der Waals surface area contributed by atoms with Crippen LogP contribution in [0.2, 0.25) is 0 Å². The lowest BCUT2D eigenvalue weighted by Gasteiger charge is -2.21. The molecule has 1 heterocycles. The van der Waals surface area contributed by atoms with Gasteiger partial charge in [-0.3, -0.25) is 4.79 Å². The molecule has 0 unspecified atom stereocenters. The van der Waals surface area contributed by atoms with Gasteiger partial charge in [-0.25, -0.2) is 4.79 Å². The predicted molar refractivity (Wildman–Crippen MR) is 85.1 cm³/mol. The van der Waals surface area contributed by atoms with E-state index in [0.717, 1.165) is 25.9 Å². The number of carboxylic acid groups (broad SMARTS) is 1. The molecule has 6 heteroatoms. The van der Waals surface area contributed by atoms with Crippen molar-refractivity contribution >= 4 is 29.3 Å². The zero-order chi connectivity index (χ0) is 15.2. The van der Waals surface area contributed by atoms with Crippen molar-refractivity contribution in [1.82, 2.24) is 5.32 Å². The number of anilines is 1. The summed E-state index contributed by atoms with van der Waals surface area (Å²) in [7, 11) is 0. The number of hydrogen-bond acceptors (Lipinski definition) is 4. The molecule has 0 radical (unpaired) electrons. The zero-order valence-corrected chi connectivity index (χ0v) is 12.8. The molecule has 3 N–H and O–H groups in total. The Morgan fingerprint density at radius 3 is 2.76 bits per heavy atom. The molecule has 1 aromatic carbocycles. The Kier molecular flexibility index (Phi) is 5.64. The number of rotatable bonds is 5. The van der Waals surface area contributed by atoms with Crippen LogP contribution in [0.15, 0.2) is 18.2 Å². The molecule has 2 rings (SSSR count). The van der Waals surface area contributed by atoms with Gasteiger partial charge < -0.3 is 15.7 Å². The topological polar surface area (TPSA) is 78.4 Å². The van der Waals surface area contributed by atoms with Gasteiger partial charge in [0.05, 0.1) is 11.3 Å². The van der Waals surface area contributed by atoms with Crippen LogP contribution >= 0.6 is 11.8 Å². The highest BCUT2D eigenvalue weighted by molar-refractivity contribution is 8.00. The minimum Gasteiger partial charge on any atom is -0.478 e. The third-order valence-electron chi connectivity index (χ3n) is 3.49. The highest BCUT2D eigenvalue weighted by Gasteiger charge is 2.15. The molecule has 0 spiro atoms. The molecule has 0 bridgehead atoms. The van der Waals surface area contributed by atoms with Gasteiger partial charge in [0.25, 0.3) is 0 Å². The second-order valence-electron chi connectivity index (χ2n) is 5.14. The number of benzene rings is 1. The van der Waals surface area contributed by atoms with Gasteiger partial charge in [0.1, 0.15) is 0 Å². The number of aryl methyl sites for hydroxylation is 1. The summed E-state index contributed by atoms with van der Waals surface area (Å²) >= 11 is 1.67. The number of piperidine rings is 1. The van der Waals surface area contributed by atoms with Gasteiger partial charge in [-0.05, 0) is 50.6 Å². The van der Waals surface area contributed by atoms with Crippen molar-refractivity contribution in [1.29, 1.82) is 0 Å². The van der Waals surface area contributed by atoms with E-state index in [0.29, 0.717) is 22.3 Å². The van der Waals surface area contributed by atoms with Crippen LogP contribution in [0.5, 0.6) is 0 Å². The highest BCUT2D eigenvalue weighted by Crippen LogP contribution is 2.21. The van der Waals surface area contributed by atoms with Crippen molar-refractivity contribution < 1.29 is 14.7 Å². The number of carbonyl (C=O) groups is 2. The van der Waals surface area contributed by atoms with E-state index in [1.165, 1.54) is 6.07 Å². The molecule has 114 valence electrons. The first-order valence-electron chi connectivity index (χ1n) is 7.02. The lowest BCUT2D eigenvalue weighted by molar-refractivity contribution is -0.113. The predicted octanol–water partition coefficient (Wildman–Crippen LogP) is 2.12. The van der Waals surface area contributed by atoms with Crippen molar-refractivity contribution in [3.8, 4) is 0 Å². The van der Waals surface area contributed by atoms with Crippen molar-refractivity contribution in [2.45, 2.75) is 25.0 Å². The van der Waals surface area contributed by atoms with E-state index in [9.17, 15) is 9.59 Å². The van der Waals surface area contributed by atoms with E-state index in [1.54, 1.807) is 30.8 Å². The number of carbonyl (C=O) groups excluding carboxylic acids is 1. The Bertz CT molecular complexity index is 528. The average Bonchev–Trinajstić information content (AvgIpc) is 2.48. The molecule has 0 aromatic heterocycles. The first kappa shape index (κ1) is 15.9. The summed E-state index contributed by atoms with van der Waals surface area (Å²) in [6, 6.07) is 4.94. The molecule has 1 aliphatic rings. The Balaban J connectivity index is 1.87. The lowest BCUT2D eigenvalue weighted by Crippen LogP contribution is -2.30. The summed E-state index contributed by atoms with van der Waals surface area (Å²) in [5, 5.41) is 15.7. The summed E-state index contributed by atoms with van der Waals surface area (Å²) in [4.78, 5) is 23.0. The van der Waals surface area contributed by atoms with Crippen molar-refractivity contribution in [3.05, 3.63) is 29.3 Å². The van der Waals surface area contributed by atoms with Crippen molar-refractivity contribution in [2.24, 2.45) is 0 Å². The fourth-order valence-electron chi connectivity index (χ4n) is 2.28. The van der Waals surface area contributed by atoms with Gasteiger partial charge >= 0.3 is 5.97 Å². The number of hydrogen-bond donors (Lipinski definition) is 3. The van der Waals surface area contributed by atoms with Crippen LogP contribution in [-0.2, 0) is 4.79 Å². The summed E-state index contributed by atoms with van der Waals surface area (Å²) < 4.78 is 0. The summed E-state index contributed by atoms with van der Waals surface area (Å²) in [5.41, 5.74) is 1.44. The molecular weight excluding hydrogens is 288 g/mol. The standard InChI is InChI=1S/C15H20N2O3S/c1-10-2-3-11(8-13(10)15(19)20)17-14(18)9-21-12-4-6-16-7-5-12/h2-3,8,12,16H,4-7,9H2,1H3,(H,17,18)(H,19,20). The van der Waals surface area contributed by atoms with E-state index in [4.69, 9.17) is 5.11 Å². The van der Waals surface area contributed by atoms with Crippen LogP contribution in [0.1, 0.15) is 28.8 Å². The second kappa shape index (κ2) is 7.47. The second-order valence-corrected chi connectivity index (χ2v) is 6.43. The molecule has 21 heavy (non-hydrogen) atoms. The van der Waals surface area contributed by atoms with E-state index in [2.05, 4.69) is 10.6 Å². The lowest BCUT2D eigenvalue weighted by atomic mass is 10.1. The first-order valence-corrected chi connectivity index (χ1v) is 8.07. The van der Waals surface area contributed by atoms with Gasteiger partial charge in [0.2, 0.25) is 5.91 Å². The molecule has 0 aliphatic carbocycles. The van der Waals surface area contributed by atoms with E-state index < -0.39 is 5.97 Å². The third-order valence-corrected chi connectivity index (χ3v) is 4.86. The Hall–Kier alpha value is -1.53. The maximum Gasteiger partial charge on any atom is 0.336 e. The smallest absolute Gasteiger partial charge is 0.336 e. The molecule has 1 aliphatic heterocycles. The Morgan fingerprint density at radius 2 is 2.10 bits per heavy atom. The van der Waals surface area contributed by atoms with E-state index in [-0.39, 0.29) is 11.5 Å². The summed E-state index contributed by atoms with van der Waals surface area (Å²) in [5.74, 6) is -0.660. The van der Waals surface area contributed by atoms with Crippen LogP contribution in [0.4, 0.5) is 5.69 Å². The quantitative estimate of drug-likeness (QED) is 0.776. The molecule has 0 saturated carbocycles. The summed E-state index contributed by atoms with van der Waals surface area (Å²) in [6.45, 7) is 3.76. The highest BCUT2D eigenvalue weighted by atomic mass is 32.2. The van der Waals surface area contributed by atoms with Gasteiger partial charge in [-0.1, -0.05) is 6.07 Å². The molecule has 1 amide bonds. The molecule has 1 fully saturated rings. The number of amides is 1. The molecule has 0 atom stereocenters. The van der Waals surface area contributed by atoms with Crippen LogP contribution in [0, 0.1) is 6.92 Å². The minimum absolute atomic E-state index is 0.0845. The van der Waals surface area contributed by atoms with E-state index in [1.807, 2.05) is 0 Å². The largest absolute Gasteiger partial charge is 0.478 e. The van der Waals surface area contributed by atoms with Crippen LogP contribution in [-0.4, -0.2) is 41.1 Å². The normalized spacial score (nSPS) is 15.7. The van der Waals surface area contributed by atoms with Gasteiger partial charge in [0, 0.05) is 10.9 Å². The van der Waals surface area contributed by atoms with Crippen LogP contribution in [0.25, 0.3) is 0 Å². The molecular formula is C15H20N2O3S. The Labute approximate surface area is 128 Å². The molecule has 5 nitrogen and oxygen atoms in total. The monoisotopic (exact) mass is 308 g/mol. The number of nitrogens with one attached hydrogen (secondary N) is 2. The maximum absolute atomic E-state index is 11.9. The molecule has 1 aromatic rings. The summed E-state index contributed by atoms with van der Waals surface area (Å²) in [6.07, 6.45) is 2.18. The number of carboxylic acids is 1. The number of thioether (sulfide) groups is 1. The van der Waals surface area contributed by atoms with Gasteiger partial charge in [-0.15, -0.1) is 11.8 Å². The van der Waals surface area contributed by atoms with Crippen molar-refractivity contribution in [2.75, 3.05) is 24.2 Å². The van der Waals surface area contributed by atoms with Gasteiger partial charge in [-0.2, -0.15) is 0 Å². The van der Waals surface area contributed by atoms with Crippen molar-refractivity contribution in [3.63, 3.8) is 0 Å². The van der Waals surface area contributed by atoms with Crippen LogP contribution in [0.3, 0.4) is 0 Å². The fraction of sp³-hybridized carbons (Fsp3) is 0.467. The zero-order valence-electron chi connectivity index (χ0n) is 12.0.